The molecule has 1 fully saturated rings. The maximum atomic E-state index is 11.5. The number of hydrogen-bond donors (Lipinski definition) is 3. The minimum Gasteiger partial charge on any atom is -0.396 e. The zero-order chi connectivity index (χ0) is 14.8. The number of piperazine rings is 1. The molecule has 1 heterocycles. The average molecular weight is 300 g/mol. The molecular formula is C12H20N4O3S. The molecule has 0 spiro atoms. The molecule has 5 N–H and O–H groups in total. The lowest BCUT2D eigenvalue weighted by atomic mass is 10.2. The van der Waals surface area contributed by atoms with E-state index >= 15 is 0 Å². The molecule has 112 valence electrons. The molecule has 1 aromatic carbocycles. The minimum absolute atomic E-state index is 0.0345. The van der Waals surface area contributed by atoms with E-state index in [0.29, 0.717) is 12.2 Å². The summed E-state index contributed by atoms with van der Waals surface area (Å²) >= 11 is 0. The van der Waals surface area contributed by atoms with Gasteiger partial charge in [0.1, 0.15) is 4.90 Å². The van der Waals surface area contributed by atoms with E-state index in [-0.39, 0.29) is 17.2 Å². The lowest BCUT2D eigenvalue weighted by Crippen LogP contribution is -2.47. The highest BCUT2D eigenvalue weighted by atomic mass is 32.2. The van der Waals surface area contributed by atoms with Crippen molar-refractivity contribution in [1.29, 1.82) is 0 Å². The van der Waals surface area contributed by atoms with Gasteiger partial charge in [-0.05, 0) is 12.1 Å². The molecule has 7 nitrogen and oxygen atoms in total. The van der Waals surface area contributed by atoms with Crippen LogP contribution in [0.3, 0.4) is 0 Å². The number of nitrogens with zero attached hydrogens (tertiary/aromatic N) is 2. The summed E-state index contributed by atoms with van der Waals surface area (Å²) in [6.07, 6.45) is 0. The monoisotopic (exact) mass is 300 g/mol. The molecule has 1 aromatic rings. The van der Waals surface area contributed by atoms with Crippen LogP contribution in [0.1, 0.15) is 0 Å². The van der Waals surface area contributed by atoms with Crippen molar-refractivity contribution >= 4 is 21.4 Å². The van der Waals surface area contributed by atoms with E-state index < -0.39 is 10.0 Å². The van der Waals surface area contributed by atoms with Crippen molar-refractivity contribution in [2.75, 3.05) is 50.0 Å². The molecule has 20 heavy (non-hydrogen) atoms. The number of nitrogens with two attached hydrogens (primary N) is 2. The fourth-order valence-electron chi connectivity index (χ4n) is 2.41. The lowest BCUT2D eigenvalue weighted by Gasteiger charge is -2.36. The van der Waals surface area contributed by atoms with Gasteiger partial charge >= 0.3 is 0 Å². The quantitative estimate of drug-likeness (QED) is 0.617. The Morgan fingerprint density at radius 2 is 1.85 bits per heavy atom. The summed E-state index contributed by atoms with van der Waals surface area (Å²) in [5.74, 6) is 0. The van der Waals surface area contributed by atoms with Crippen molar-refractivity contribution in [3.8, 4) is 0 Å². The van der Waals surface area contributed by atoms with Crippen LogP contribution in [-0.4, -0.2) is 57.8 Å². The standard InChI is InChI=1S/C12H20N4O3S/c13-12-10(2-1-3-11(12)20(14,18)19)16-6-4-15(5-7-16)8-9-17/h1-3,17H,4-9,13H2,(H2,14,18,19). The number of sulfonamides is 1. The molecule has 0 aliphatic carbocycles. The van der Waals surface area contributed by atoms with Crippen LogP contribution >= 0.6 is 0 Å². The largest absolute Gasteiger partial charge is 0.396 e. The first-order valence-corrected chi connectivity index (χ1v) is 7.97. The predicted molar refractivity (Wildman–Crippen MR) is 78.0 cm³/mol. The van der Waals surface area contributed by atoms with Gasteiger partial charge in [0.25, 0.3) is 0 Å². The zero-order valence-electron chi connectivity index (χ0n) is 11.2. The van der Waals surface area contributed by atoms with E-state index in [1.165, 1.54) is 6.07 Å². The fourth-order valence-corrected chi connectivity index (χ4v) is 3.09. The second-order valence-electron chi connectivity index (χ2n) is 4.79. The molecule has 1 saturated heterocycles. The van der Waals surface area contributed by atoms with Crippen LogP contribution in [0, 0.1) is 0 Å². The van der Waals surface area contributed by atoms with Crippen molar-refractivity contribution < 1.29 is 13.5 Å². The molecule has 8 heteroatoms. The van der Waals surface area contributed by atoms with Crippen molar-refractivity contribution in [3.05, 3.63) is 18.2 Å². The molecule has 0 saturated carbocycles. The number of aliphatic hydroxyl groups excluding tert-OH is 1. The van der Waals surface area contributed by atoms with Gasteiger partial charge in [0, 0.05) is 32.7 Å². The molecule has 0 atom stereocenters. The Balaban J connectivity index is 2.19. The molecule has 0 amide bonds. The van der Waals surface area contributed by atoms with Crippen LogP contribution in [0.5, 0.6) is 0 Å². The number of β-amino-alcohol motifs (C(OH)–C–C–N with tert-alkyl or cyclic N) is 1. The van der Waals surface area contributed by atoms with E-state index in [1.807, 2.05) is 4.90 Å². The smallest absolute Gasteiger partial charge is 0.240 e. The number of primary sulfonamides is 1. The van der Waals surface area contributed by atoms with Crippen LogP contribution in [0.15, 0.2) is 23.1 Å². The van der Waals surface area contributed by atoms with Crippen LogP contribution < -0.4 is 15.8 Å². The highest BCUT2D eigenvalue weighted by Gasteiger charge is 2.21. The summed E-state index contributed by atoms with van der Waals surface area (Å²) in [5.41, 5.74) is 6.83. The summed E-state index contributed by atoms with van der Waals surface area (Å²) in [6, 6.07) is 4.85. The first-order valence-electron chi connectivity index (χ1n) is 6.43. The molecule has 0 aromatic heterocycles. The third-order valence-electron chi connectivity index (χ3n) is 3.48. The van der Waals surface area contributed by atoms with Crippen LogP contribution in [0.2, 0.25) is 0 Å². The molecule has 0 radical (unpaired) electrons. The first kappa shape index (κ1) is 15.0. The van der Waals surface area contributed by atoms with Gasteiger partial charge in [0.05, 0.1) is 18.0 Å². The minimum atomic E-state index is -3.81. The van der Waals surface area contributed by atoms with Crippen molar-refractivity contribution in [3.63, 3.8) is 0 Å². The number of aliphatic hydroxyl groups is 1. The third-order valence-corrected chi connectivity index (χ3v) is 4.45. The second kappa shape index (κ2) is 5.96. The van der Waals surface area contributed by atoms with Crippen molar-refractivity contribution in [2.45, 2.75) is 4.90 Å². The number of anilines is 2. The van der Waals surface area contributed by atoms with Crippen molar-refractivity contribution in [1.82, 2.24) is 4.90 Å². The fraction of sp³-hybridized carbons (Fsp3) is 0.500. The maximum Gasteiger partial charge on any atom is 0.240 e. The Morgan fingerprint density at radius 3 is 2.40 bits per heavy atom. The molecule has 1 aliphatic rings. The molecule has 2 rings (SSSR count). The summed E-state index contributed by atoms with van der Waals surface area (Å²) in [6.45, 7) is 3.87. The van der Waals surface area contributed by atoms with Crippen molar-refractivity contribution in [2.24, 2.45) is 5.14 Å². The number of nitrogen functional groups attached to an aromatic ring is 1. The van der Waals surface area contributed by atoms with E-state index in [0.717, 1.165) is 26.2 Å². The van der Waals surface area contributed by atoms with E-state index in [9.17, 15) is 8.42 Å². The molecule has 1 aliphatic heterocycles. The first-order chi connectivity index (χ1) is 9.43. The van der Waals surface area contributed by atoms with Gasteiger partial charge in [-0.1, -0.05) is 6.07 Å². The Labute approximate surface area is 118 Å². The number of rotatable bonds is 4. The van der Waals surface area contributed by atoms with Crippen LogP contribution in [-0.2, 0) is 10.0 Å². The van der Waals surface area contributed by atoms with Gasteiger partial charge in [0.15, 0.2) is 0 Å². The topological polar surface area (TPSA) is 113 Å². The number of para-hydroxylation sites is 1. The second-order valence-corrected chi connectivity index (χ2v) is 6.32. The lowest BCUT2D eigenvalue weighted by molar-refractivity contribution is 0.189. The SMILES string of the molecule is Nc1c(N2CCN(CCO)CC2)cccc1S(N)(=O)=O. The van der Waals surface area contributed by atoms with Crippen LogP contribution in [0.25, 0.3) is 0 Å². The molecule has 0 bridgehead atoms. The van der Waals surface area contributed by atoms with E-state index in [1.54, 1.807) is 12.1 Å². The van der Waals surface area contributed by atoms with E-state index in [4.69, 9.17) is 16.0 Å². The van der Waals surface area contributed by atoms with Gasteiger partial charge in [-0.2, -0.15) is 0 Å². The Bertz CT molecular complexity index is 568. The molecular weight excluding hydrogens is 280 g/mol. The van der Waals surface area contributed by atoms with Gasteiger partial charge in [-0.15, -0.1) is 0 Å². The van der Waals surface area contributed by atoms with Gasteiger partial charge in [0.2, 0.25) is 10.0 Å². The van der Waals surface area contributed by atoms with Crippen LogP contribution in [0.4, 0.5) is 11.4 Å². The highest BCUT2D eigenvalue weighted by Crippen LogP contribution is 2.29. The summed E-state index contributed by atoms with van der Waals surface area (Å²) in [4.78, 5) is 4.15. The van der Waals surface area contributed by atoms with Gasteiger partial charge in [-0.25, -0.2) is 13.6 Å². The summed E-state index contributed by atoms with van der Waals surface area (Å²) in [7, 11) is -3.81. The summed E-state index contributed by atoms with van der Waals surface area (Å²) < 4.78 is 22.9. The maximum absolute atomic E-state index is 11.5. The predicted octanol–water partition coefficient (Wildman–Crippen LogP) is -0.969. The Morgan fingerprint density at radius 1 is 1.20 bits per heavy atom. The third kappa shape index (κ3) is 3.21. The number of hydrogen-bond acceptors (Lipinski definition) is 6. The normalized spacial score (nSPS) is 17.4. The van der Waals surface area contributed by atoms with Gasteiger partial charge in [-0.3, -0.25) is 4.90 Å². The number of benzene rings is 1. The summed E-state index contributed by atoms with van der Waals surface area (Å²) in [5, 5.41) is 14.1. The Kier molecular flexibility index (Phi) is 4.48. The highest BCUT2D eigenvalue weighted by molar-refractivity contribution is 7.89. The van der Waals surface area contributed by atoms with E-state index in [2.05, 4.69) is 4.90 Å². The average Bonchev–Trinajstić information content (AvgIpc) is 2.39. The van der Waals surface area contributed by atoms with Gasteiger partial charge < -0.3 is 15.7 Å². The molecule has 0 unspecified atom stereocenters. The zero-order valence-corrected chi connectivity index (χ0v) is 12.0. The Hall–Kier alpha value is -1.35.